The van der Waals surface area contributed by atoms with E-state index >= 15 is 0 Å². The van der Waals surface area contributed by atoms with E-state index in [9.17, 15) is 19.8 Å². The molecule has 4 nitrogen and oxygen atoms in total. The Morgan fingerprint density at radius 1 is 1.12 bits per heavy atom. The molecule has 5 atom stereocenters. The van der Waals surface area contributed by atoms with E-state index in [1.165, 1.54) is 0 Å². The molecule has 0 heterocycles. The van der Waals surface area contributed by atoms with E-state index in [1.807, 2.05) is 6.92 Å². The zero-order chi connectivity index (χ0) is 12.4. The van der Waals surface area contributed by atoms with Crippen LogP contribution in [0.4, 0.5) is 0 Å². The van der Waals surface area contributed by atoms with E-state index in [2.05, 4.69) is 0 Å². The minimum atomic E-state index is -0.774. The Morgan fingerprint density at radius 2 is 1.82 bits per heavy atom. The topological polar surface area (TPSA) is 74.6 Å². The van der Waals surface area contributed by atoms with Crippen LogP contribution >= 0.6 is 0 Å². The molecule has 0 aromatic carbocycles. The summed E-state index contributed by atoms with van der Waals surface area (Å²) in [6.45, 7) is 2.01. The van der Waals surface area contributed by atoms with Crippen LogP contribution in [0.5, 0.6) is 0 Å². The molecule has 4 saturated carbocycles. The van der Waals surface area contributed by atoms with Gasteiger partial charge in [0.05, 0.1) is 10.8 Å². The predicted molar refractivity (Wildman–Crippen MR) is 59.4 cm³/mol. The molecule has 4 bridgehead atoms. The lowest BCUT2D eigenvalue weighted by Gasteiger charge is -2.61. The first-order chi connectivity index (χ1) is 7.90. The summed E-state index contributed by atoms with van der Waals surface area (Å²) in [6.07, 6.45) is 3.45. The fraction of sp³-hybridized carbons (Fsp3) is 0.846. The zero-order valence-corrected chi connectivity index (χ0v) is 9.98. The van der Waals surface area contributed by atoms with E-state index in [-0.39, 0.29) is 5.92 Å². The van der Waals surface area contributed by atoms with E-state index in [4.69, 9.17) is 0 Å². The van der Waals surface area contributed by atoms with Crippen molar-refractivity contribution in [1.29, 1.82) is 0 Å². The van der Waals surface area contributed by atoms with Crippen LogP contribution in [0.25, 0.3) is 0 Å². The summed E-state index contributed by atoms with van der Waals surface area (Å²) < 4.78 is 0. The van der Waals surface area contributed by atoms with E-state index < -0.39 is 22.8 Å². The highest BCUT2D eigenvalue weighted by Crippen LogP contribution is 2.67. The van der Waals surface area contributed by atoms with Gasteiger partial charge in [0.15, 0.2) is 0 Å². The van der Waals surface area contributed by atoms with Gasteiger partial charge in [-0.25, -0.2) is 0 Å². The summed E-state index contributed by atoms with van der Waals surface area (Å²) in [5.74, 6) is -0.812. The smallest absolute Gasteiger partial charge is 0.309 e. The summed E-state index contributed by atoms with van der Waals surface area (Å²) in [6, 6.07) is 0. The van der Waals surface area contributed by atoms with Crippen molar-refractivity contribution in [3.8, 4) is 0 Å². The van der Waals surface area contributed by atoms with Crippen molar-refractivity contribution >= 4 is 11.9 Å². The molecule has 94 valence electrons. The summed E-state index contributed by atoms with van der Waals surface area (Å²) in [7, 11) is 0. The number of carbonyl (C=O) groups is 2. The monoisotopic (exact) mass is 238 g/mol. The number of hydrogen-bond donors (Lipinski definition) is 2. The SMILES string of the molecule is CC1C2CC3CC(C(=O)O)(C2)CC1(C(=O)O)C3. The van der Waals surface area contributed by atoms with Crippen molar-refractivity contribution in [1.82, 2.24) is 0 Å². The van der Waals surface area contributed by atoms with Crippen molar-refractivity contribution in [2.24, 2.45) is 28.6 Å². The predicted octanol–water partition coefficient (Wildman–Crippen LogP) is 1.99. The van der Waals surface area contributed by atoms with E-state index in [0.717, 1.165) is 6.42 Å². The second-order valence-electron chi connectivity index (χ2n) is 6.49. The molecule has 17 heavy (non-hydrogen) atoms. The third kappa shape index (κ3) is 1.19. The van der Waals surface area contributed by atoms with Gasteiger partial charge in [-0.05, 0) is 49.9 Å². The Hall–Kier alpha value is -1.06. The molecule has 4 aliphatic rings. The van der Waals surface area contributed by atoms with Crippen LogP contribution in [-0.4, -0.2) is 22.2 Å². The minimum Gasteiger partial charge on any atom is -0.481 e. The van der Waals surface area contributed by atoms with Crippen LogP contribution in [0.15, 0.2) is 0 Å². The van der Waals surface area contributed by atoms with Gasteiger partial charge in [0.25, 0.3) is 0 Å². The molecule has 0 saturated heterocycles. The molecule has 4 aliphatic carbocycles. The van der Waals surface area contributed by atoms with Crippen LogP contribution in [-0.2, 0) is 9.59 Å². The van der Waals surface area contributed by atoms with Crippen LogP contribution in [0.1, 0.15) is 39.0 Å². The van der Waals surface area contributed by atoms with E-state index in [0.29, 0.717) is 37.5 Å². The molecule has 0 aromatic rings. The molecule has 0 amide bonds. The Labute approximate surface area is 100 Å². The van der Waals surface area contributed by atoms with Crippen molar-refractivity contribution in [3.05, 3.63) is 0 Å². The van der Waals surface area contributed by atoms with Crippen LogP contribution < -0.4 is 0 Å². The summed E-state index contributed by atoms with van der Waals surface area (Å²) in [4.78, 5) is 23.2. The molecule has 2 N–H and O–H groups in total. The Bertz CT molecular complexity index is 404. The second-order valence-corrected chi connectivity index (χ2v) is 6.49. The normalized spacial score (nSPS) is 51.5. The Kier molecular flexibility index (Phi) is 1.97. The zero-order valence-electron chi connectivity index (χ0n) is 9.98. The highest BCUT2D eigenvalue weighted by atomic mass is 16.4. The summed E-state index contributed by atoms with van der Waals surface area (Å²) >= 11 is 0. The first-order valence-corrected chi connectivity index (χ1v) is 6.36. The Balaban J connectivity index is 2.08. The maximum absolute atomic E-state index is 11.6. The van der Waals surface area contributed by atoms with Gasteiger partial charge in [0.1, 0.15) is 0 Å². The van der Waals surface area contributed by atoms with Crippen molar-refractivity contribution < 1.29 is 19.8 Å². The number of aliphatic carboxylic acids is 2. The molecular weight excluding hydrogens is 220 g/mol. The second kappa shape index (κ2) is 3.03. The molecule has 0 radical (unpaired) electrons. The first-order valence-electron chi connectivity index (χ1n) is 6.36. The lowest BCUT2D eigenvalue weighted by molar-refractivity contribution is -0.199. The fourth-order valence-corrected chi connectivity index (χ4v) is 5.01. The fourth-order valence-electron chi connectivity index (χ4n) is 5.01. The van der Waals surface area contributed by atoms with Crippen LogP contribution in [0.3, 0.4) is 0 Å². The standard InChI is InChI=1S/C13H18O4/c1-7-9-2-8-3-12(5-9,10(14)15)6-13(7,4-8)11(16)17/h7-9H,2-6H2,1H3,(H,14,15)(H,16,17). The Morgan fingerprint density at radius 3 is 2.41 bits per heavy atom. The van der Waals surface area contributed by atoms with Gasteiger partial charge in [-0.3, -0.25) is 9.59 Å². The molecule has 0 aromatic heterocycles. The highest BCUT2D eigenvalue weighted by Gasteiger charge is 2.66. The molecule has 0 spiro atoms. The lowest BCUT2D eigenvalue weighted by Crippen LogP contribution is -2.61. The first kappa shape index (κ1) is 11.1. The molecule has 4 rings (SSSR count). The number of rotatable bonds is 2. The van der Waals surface area contributed by atoms with Gasteiger partial charge in [0.2, 0.25) is 0 Å². The highest BCUT2D eigenvalue weighted by molar-refractivity contribution is 5.81. The largest absolute Gasteiger partial charge is 0.481 e. The van der Waals surface area contributed by atoms with E-state index in [1.54, 1.807) is 0 Å². The van der Waals surface area contributed by atoms with Gasteiger partial charge in [-0.2, -0.15) is 0 Å². The molecule has 5 unspecified atom stereocenters. The van der Waals surface area contributed by atoms with Gasteiger partial charge in [-0.1, -0.05) is 6.92 Å². The van der Waals surface area contributed by atoms with Gasteiger partial charge in [0, 0.05) is 0 Å². The van der Waals surface area contributed by atoms with Gasteiger partial charge < -0.3 is 10.2 Å². The van der Waals surface area contributed by atoms with Crippen LogP contribution in [0, 0.1) is 28.6 Å². The summed E-state index contributed by atoms with van der Waals surface area (Å²) in [5.41, 5.74) is -1.50. The van der Waals surface area contributed by atoms with Gasteiger partial charge >= 0.3 is 11.9 Å². The van der Waals surface area contributed by atoms with Crippen molar-refractivity contribution in [2.45, 2.75) is 39.0 Å². The molecule has 4 fully saturated rings. The lowest BCUT2D eigenvalue weighted by atomic mass is 9.41. The third-order valence-electron chi connectivity index (χ3n) is 5.73. The van der Waals surface area contributed by atoms with Crippen molar-refractivity contribution in [3.63, 3.8) is 0 Å². The molecule has 0 aliphatic heterocycles. The number of hydrogen-bond acceptors (Lipinski definition) is 2. The van der Waals surface area contributed by atoms with Gasteiger partial charge in [-0.15, -0.1) is 0 Å². The quantitative estimate of drug-likeness (QED) is 0.771. The minimum absolute atomic E-state index is 0.129. The average molecular weight is 238 g/mol. The summed E-state index contributed by atoms with van der Waals surface area (Å²) in [5, 5.41) is 19.0. The maximum atomic E-state index is 11.6. The molecule has 4 heteroatoms. The van der Waals surface area contributed by atoms with Crippen LogP contribution in [0.2, 0.25) is 0 Å². The maximum Gasteiger partial charge on any atom is 0.309 e. The third-order valence-corrected chi connectivity index (χ3v) is 5.73. The number of carboxylic acids is 2. The average Bonchev–Trinajstić information content (AvgIpc) is 2.24. The molecular formula is C13H18O4. The number of carboxylic acid groups (broad SMARTS) is 2. The van der Waals surface area contributed by atoms with Crippen molar-refractivity contribution in [2.75, 3.05) is 0 Å².